The van der Waals surface area contributed by atoms with Crippen LogP contribution in [0.4, 0.5) is 28.9 Å². The summed E-state index contributed by atoms with van der Waals surface area (Å²) in [5.74, 6) is -2.16. The number of rotatable bonds is 5. The Morgan fingerprint density at radius 3 is 2.49 bits per heavy atom. The van der Waals surface area contributed by atoms with Gasteiger partial charge in [0.25, 0.3) is 5.91 Å². The van der Waals surface area contributed by atoms with Crippen LogP contribution in [0.3, 0.4) is 0 Å². The molecule has 0 aliphatic carbocycles. The van der Waals surface area contributed by atoms with E-state index in [1.165, 1.54) is 6.07 Å². The fourth-order valence-electron chi connectivity index (χ4n) is 4.86. The number of nitrogens with zero attached hydrogens (tertiary/aromatic N) is 7. The molecular formula is C28H30F4N8O. The summed E-state index contributed by atoms with van der Waals surface area (Å²) >= 11 is 0. The number of likely N-dealkylation sites (N-methyl/N-ethyl adjacent to an activating group) is 1. The molecule has 1 amide bonds. The van der Waals surface area contributed by atoms with Gasteiger partial charge in [0, 0.05) is 49.2 Å². The Morgan fingerprint density at radius 2 is 1.78 bits per heavy atom. The lowest BCUT2D eigenvalue weighted by Gasteiger charge is -2.25. The zero-order valence-corrected chi connectivity index (χ0v) is 23.1. The second-order valence-electron chi connectivity index (χ2n) is 10.3. The van der Waals surface area contributed by atoms with Crippen LogP contribution in [-0.4, -0.2) is 68.8 Å². The molecule has 0 spiro atoms. The fraction of sp³-hybridized carbons (Fsp3) is 0.357. The van der Waals surface area contributed by atoms with E-state index in [0.717, 1.165) is 23.4 Å². The van der Waals surface area contributed by atoms with E-state index in [4.69, 9.17) is 0 Å². The molecule has 2 aromatic carbocycles. The second kappa shape index (κ2) is 11.0. The molecular weight excluding hydrogens is 540 g/mol. The molecule has 0 radical (unpaired) electrons. The van der Waals surface area contributed by atoms with Crippen LogP contribution < -0.4 is 10.2 Å². The molecule has 41 heavy (non-hydrogen) atoms. The van der Waals surface area contributed by atoms with Crippen molar-refractivity contribution in [3.63, 3.8) is 0 Å². The van der Waals surface area contributed by atoms with Gasteiger partial charge < -0.3 is 15.1 Å². The third kappa shape index (κ3) is 5.80. The van der Waals surface area contributed by atoms with Crippen LogP contribution in [0.5, 0.6) is 0 Å². The minimum Gasteiger partial charge on any atom is -0.368 e. The predicted molar refractivity (Wildman–Crippen MR) is 147 cm³/mol. The molecule has 5 rings (SSSR count). The van der Waals surface area contributed by atoms with E-state index in [0.29, 0.717) is 49.2 Å². The van der Waals surface area contributed by atoms with Gasteiger partial charge in [0.05, 0.1) is 29.3 Å². The molecule has 2 aromatic heterocycles. The number of carbonyl (C=O) groups is 1. The van der Waals surface area contributed by atoms with E-state index >= 15 is 4.39 Å². The molecule has 1 saturated heterocycles. The van der Waals surface area contributed by atoms with E-state index in [1.807, 2.05) is 32.8 Å². The number of aromatic nitrogens is 5. The monoisotopic (exact) mass is 570 g/mol. The summed E-state index contributed by atoms with van der Waals surface area (Å²) in [4.78, 5) is 16.9. The molecule has 0 saturated carbocycles. The van der Waals surface area contributed by atoms with Crippen LogP contribution in [-0.2, 0) is 13.2 Å². The quantitative estimate of drug-likeness (QED) is 0.346. The van der Waals surface area contributed by atoms with Gasteiger partial charge in [-0.1, -0.05) is 11.3 Å². The predicted octanol–water partition coefficient (Wildman–Crippen LogP) is 4.84. The van der Waals surface area contributed by atoms with Crippen molar-refractivity contribution in [1.82, 2.24) is 29.7 Å². The van der Waals surface area contributed by atoms with E-state index in [2.05, 4.69) is 20.7 Å². The molecule has 1 aliphatic rings. The lowest BCUT2D eigenvalue weighted by molar-refractivity contribution is -0.139. The van der Waals surface area contributed by atoms with Gasteiger partial charge in [0.15, 0.2) is 5.82 Å². The van der Waals surface area contributed by atoms with Crippen molar-refractivity contribution in [3.05, 3.63) is 70.9 Å². The maximum Gasteiger partial charge on any atom is 0.419 e. The van der Waals surface area contributed by atoms with E-state index in [9.17, 15) is 18.0 Å². The first-order valence-electron chi connectivity index (χ1n) is 13.1. The molecule has 0 unspecified atom stereocenters. The molecule has 0 bridgehead atoms. The summed E-state index contributed by atoms with van der Waals surface area (Å²) in [6.07, 6.45) is -0.877. The van der Waals surface area contributed by atoms with Crippen molar-refractivity contribution in [1.29, 1.82) is 0 Å². The molecule has 9 nitrogen and oxygen atoms in total. The number of nitrogens with one attached hydrogen (secondary N) is 1. The largest absolute Gasteiger partial charge is 0.419 e. The Morgan fingerprint density at radius 1 is 1.00 bits per heavy atom. The fourth-order valence-corrected chi connectivity index (χ4v) is 4.86. The van der Waals surface area contributed by atoms with Crippen LogP contribution in [0, 0.1) is 19.7 Å². The second-order valence-corrected chi connectivity index (χ2v) is 10.3. The van der Waals surface area contributed by atoms with Crippen LogP contribution in [0.15, 0.2) is 42.7 Å². The van der Waals surface area contributed by atoms with Crippen molar-refractivity contribution in [2.75, 3.05) is 43.4 Å². The number of alkyl halides is 3. The molecule has 1 N–H and O–H groups in total. The topological polar surface area (TPSA) is 84.1 Å². The summed E-state index contributed by atoms with van der Waals surface area (Å²) < 4.78 is 59.9. The van der Waals surface area contributed by atoms with Gasteiger partial charge in [-0.2, -0.15) is 18.3 Å². The van der Waals surface area contributed by atoms with Crippen LogP contribution in [0.2, 0.25) is 0 Å². The Hall–Kier alpha value is -4.26. The third-order valence-corrected chi connectivity index (χ3v) is 7.40. The first-order chi connectivity index (χ1) is 19.4. The van der Waals surface area contributed by atoms with E-state index < -0.39 is 23.5 Å². The average Bonchev–Trinajstić information content (AvgIpc) is 3.46. The Balaban J connectivity index is 1.45. The van der Waals surface area contributed by atoms with Gasteiger partial charge in [0.1, 0.15) is 5.69 Å². The lowest BCUT2D eigenvalue weighted by Crippen LogP contribution is -2.30. The molecule has 13 heteroatoms. The number of anilines is 2. The number of hydrogen-bond acceptors (Lipinski definition) is 6. The summed E-state index contributed by atoms with van der Waals surface area (Å²) in [6.45, 7) is 5.80. The number of amides is 1. The molecule has 216 valence electrons. The zero-order valence-electron chi connectivity index (χ0n) is 23.1. The number of aryl methyl sites for hydroxylation is 2. The van der Waals surface area contributed by atoms with Gasteiger partial charge in [0.2, 0.25) is 0 Å². The summed E-state index contributed by atoms with van der Waals surface area (Å²) in [7, 11) is 3.73. The van der Waals surface area contributed by atoms with Gasteiger partial charge in [-0.15, -0.1) is 5.10 Å². The smallest absolute Gasteiger partial charge is 0.368 e. The minimum atomic E-state index is -4.97. The van der Waals surface area contributed by atoms with E-state index in [-0.39, 0.29) is 11.3 Å². The molecule has 1 aliphatic heterocycles. The average molecular weight is 571 g/mol. The van der Waals surface area contributed by atoms with Crippen LogP contribution in [0.1, 0.15) is 33.6 Å². The van der Waals surface area contributed by atoms with Crippen molar-refractivity contribution in [2.24, 2.45) is 7.05 Å². The highest BCUT2D eigenvalue weighted by Crippen LogP contribution is 2.37. The number of benzene rings is 2. The summed E-state index contributed by atoms with van der Waals surface area (Å²) in [6, 6.07) is 6.81. The summed E-state index contributed by atoms with van der Waals surface area (Å²) in [5.41, 5.74) is 2.15. The highest BCUT2D eigenvalue weighted by Gasteiger charge is 2.37. The van der Waals surface area contributed by atoms with Crippen molar-refractivity contribution < 1.29 is 22.4 Å². The Labute approximate surface area is 234 Å². The standard InChI is InChI=1S/C28H30F4N8O/c1-17-6-7-20(14-24(17)40-16-23(35-36-40)21-15-33-38(4)18(21)2)34-27(41)19-12-22(28(30,31)32)26(29)25(13-19)39-9-5-8-37(3)10-11-39/h6-7,12-16H,5,8-11H2,1-4H3,(H,34,41). The number of halogens is 4. The minimum absolute atomic E-state index is 0.231. The molecule has 0 atom stereocenters. The highest BCUT2D eigenvalue weighted by molar-refractivity contribution is 6.05. The Kier molecular flexibility index (Phi) is 7.56. The zero-order chi connectivity index (χ0) is 29.5. The maximum atomic E-state index is 15.2. The molecule has 3 heterocycles. The number of hydrogen-bond donors (Lipinski definition) is 1. The third-order valence-electron chi connectivity index (χ3n) is 7.40. The maximum absolute atomic E-state index is 15.2. The molecule has 4 aromatic rings. The molecule has 1 fully saturated rings. The SMILES string of the molecule is Cc1ccc(NC(=O)c2cc(N3CCCN(C)CC3)c(F)c(C(F)(F)F)c2)cc1-n1cc(-c2cnn(C)c2C)nn1. The lowest BCUT2D eigenvalue weighted by atomic mass is 10.1. The van der Waals surface area contributed by atoms with Crippen molar-refractivity contribution >= 4 is 17.3 Å². The normalized spacial score (nSPS) is 14.8. The van der Waals surface area contributed by atoms with Crippen LogP contribution in [0.25, 0.3) is 16.9 Å². The first-order valence-corrected chi connectivity index (χ1v) is 13.1. The Bertz CT molecular complexity index is 1590. The van der Waals surface area contributed by atoms with Gasteiger partial charge in [-0.3, -0.25) is 9.48 Å². The van der Waals surface area contributed by atoms with Gasteiger partial charge >= 0.3 is 6.18 Å². The number of carbonyl (C=O) groups excluding carboxylic acids is 1. The van der Waals surface area contributed by atoms with Crippen molar-refractivity contribution in [3.8, 4) is 16.9 Å². The van der Waals surface area contributed by atoms with E-state index in [1.54, 1.807) is 44.9 Å². The van der Waals surface area contributed by atoms with Gasteiger partial charge in [-0.25, -0.2) is 9.07 Å². The summed E-state index contributed by atoms with van der Waals surface area (Å²) in [5, 5.41) is 15.4. The van der Waals surface area contributed by atoms with Gasteiger partial charge in [-0.05, 0) is 63.7 Å². The van der Waals surface area contributed by atoms with Crippen LogP contribution >= 0.6 is 0 Å². The highest BCUT2D eigenvalue weighted by atomic mass is 19.4. The van der Waals surface area contributed by atoms with Crippen molar-refractivity contribution in [2.45, 2.75) is 26.4 Å². The first kappa shape index (κ1) is 28.3.